The third kappa shape index (κ3) is 2.06. The van der Waals surface area contributed by atoms with Gasteiger partial charge >= 0.3 is 0 Å². The molecule has 2 nitrogen and oxygen atoms in total. The number of halogens is 2. The Morgan fingerprint density at radius 3 is 2.53 bits per heavy atom. The highest BCUT2D eigenvalue weighted by atomic mass is 19.2. The second-order valence-corrected chi connectivity index (χ2v) is 3.48. The second-order valence-electron chi connectivity index (χ2n) is 3.48. The van der Waals surface area contributed by atoms with E-state index in [4.69, 9.17) is 4.74 Å². The van der Waals surface area contributed by atoms with Crippen LogP contribution in [0.15, 0.2) is 36.4 Å². The van der Waals surface area contributed by atoms with Gasteiger partial charge in [-0.15, -0.1) is 0 Å². The first kappa shape index (κ1) is 11.4. The van der Waals surface area contributed by atoms with Gasteiger partial charge in [0.25, 0.3) is 0 Å². The fraction of sp³-hybridized carbons (Fsp3) is 0.0769. The Hall–Kier alpha value is -2.10. The molecule has 0 saturated carbocycles. The average molecular weight is 236 g/mol. The quantitative estimate of drug-likeness (QED) is 0.866. The zero-order valence-corrected chi connectivity index (χ0v) is 9.08. The van der Waals surface area contributed by atoms with Crippen molar-refractivity contribution in [3.8, 4) is 22.6 Å². The molecule has 0 bridgehead atoms. The van der Waals surface area contributed by atoms with E-state index in [2.05, 4.69) is 0 Å². The maximum atomic E-state index is 13.6. The summed E-state index contributed by atoms with van der Waals surface area (Å²) in [4.78, 5) is 0. The van der Waals surface area contributed by atoms with Crippen molar-refractivity contribution in [1.82, 2.24) is 0 Å². The Labute approximate surface area is 97.1 Å². The maximum absolute atomic E-state index is 13.6. The zero-order chi connectivity index (χ0) is 12.4. The molecule has 0 fully saturated rings. The number of aromatic hydroxyl groups is 1. The molecular weight excluding hydrogens is 226 g/mol. The van der Waals surface area contributed by atoms with Crippen molar-refractivity contribution in [1.29, 1.82) is 0 Å². The largest absolute Gasteiger partial charge is 0.507 e. The molecule has 0 radical (unpaired) electrons. The molecule has 17 heavy (non-hydrogen) atoms. The first-order valence-corrected chi connectivity index (χ1v) is 4.95. The van der Waals surface area contributed by atoms with E-state index in [1.54, 1.807) is 0 Å². The van der Waals surface area contributed by atoms with Gasteiger partial charge in [0.05, 0.1) is 7.11 Å². The Bertz CT molecular complexity index is 553. The van der Waals surface area contributed by atoms with Crippen LogP contribution in [0.2, 0.25) is 0 Å². The molecule has 2 aromatic carbocycles. The Morgan fingerprint density at radius 1 is 1.06 bits per heavy atom. The minimum atomic E-state index is -0.990. The Balaban J connectivity index is 2.63. The predicted molar refractivity (Wildman–Crippen MR) is 60.0 cm³/mol. The van der Waals surface area contributed by atoms with Gasteiger partial charge < -0.3 is 9.84 Å². The number of hydrogen-bond donors (Lipinski definition) is 1. The van der Waals surface area contributed by atoms with Crippen molar-refractivity contribution in [2.24, 2.45) is 0 Å². The van der Waals surface area contributed by atoms with Gasteiger partial charge in [-0.3, -0.25) is 0 Å². The molecule has 0 atom stereocenters. The summed E-state index contributed by atoms with van der Waals surface area (Å²) in [7, 11) is 1.46. The van der Waals surface area contributed by atoms with E-state index >= 15 is 0 Å². The molecule has 0 heterocycles. The summed E-state index contributed by atoms with van der Waals surface area (Å²) in [5.41, 5.74) is 0.197. The number of benzene rings is 2. The number of phenolic OH excluding ortho intramolecular Hbond substituents is 1. The van der Waals surface area contributed by atoms with Crippen LogP contribution in [0, 0.1) is 11.6 Å². The van der Waals surface area contributed by atoms with Gasteiger partial charge in [-0.1, -0.05) is 12.1 Å². The van der Waals surface area contributed by atoms with Crippen molar-refractivity contribution in [2.45, 2.75) is 0 Å². The number of ether oxygens (including phenoxy) is 1. The minimum absolute atomic E-state index is 0.00130. The van der Waals surface area contributed by atoms with Gasteiger partial charge in [0.2, 0.25) is 0 Å². The molecule has 0 aromatic heterocycles. The number of methoxy groups -OCH3 is 1. The molecule has 2 aromatic rings. The van der Waals surface area contributed by atoms with Gasteiger partial charge in [-0.2, -0.15) is 0 Å². The first-order valence-electron chi connectivity index (χ1n) is 4.95. The Morgan fingerprint density at radius 2 is 1.82 bits per heavy atom. The van der Waals surface area contributed by atoms with Crippen molar-refractivity contribution in [2.75, 3.05) is 7.11 Å². The van der Waals surface area contributed by atoms with Crippen LogP contribution >= 0.6 is 0 Å². The molecule has 0 amide bonds. The molecule has 0 aliphatic heterocycles. The third-order valence-corrected chi connectivity index (χ3v) is 2.45. The summed E-state index contributed by atoms with van der Waals surface area (Å²) < 4.78 is 31.6. The summed E-state index contributed by atoms with van der Waals surface area (Å²) in [5.74, 6) is -1.61. The molecule has 1 N–H and O–H groups in total. The highest BCUT2D eigenvalue weighted by Gasteiger charge is 2.13. The summed E-state index contributed by atoms with van der Waals surface area (Å²) in [5, 5.41) is 9.65. The van der Waals surface area contributed by atoms with Gasteiger partial charge in [-0.25, -0.2) is 8.78 Å². The van der Waals surface area contributed by atoms with Crippen LogP contribution < -0.4 is 4.74 Å². The molecule has 0 spiro atoms. The predicted octanol–water partition coefficient (Wildman–Crippen LogP) is 3.35. The fourth-order valence-corrected chi connectivity index (χ4v) is 1.57. The topological polar surface area (TPSA) is 29.5 Å². The molecule has 0 aliphatic carbocycles. The lowest BCUT2D eigenvalue weighted by Crippen LogP contribution is -1.90. The van der Waals surface area contributed by atoms with Crippen LogP contribution in [-0.2, 0) is 0 Å². The summed E-state index contributed by atoms with van der Waals surface area (Å²) in [6.45, 7) is 0. The summed E-state index contributed by atoms with van der Waals surface area (Å²) in [6, 6.07) is 8.16. The summed E-state index contributed by atoms with van der Waals surface area (Å²) >= 11 is 0. The lowest BCUT2D eigenvalue weighted by molar-refractivity contribution is 0.412. The normalized spacial score (nSPS) is 10.3. The van der Waals surface area contributed by atoms with Crippen LogP contribution in [-0.4, -0.2) is 12.2 Å². The van der Waals surface area contributed by atoms with Crippen LogP contribution in [0.4, 0.5) is 8.78 Å². The molecular formula is C13H10F2O2. The number of rotatable bonds is 2. The van der Waals surface area contributed by atoms with Gasteiger partial charge in [0, 0.05) is 11.1 Å². The van der Waals surface area contributed by atoms with E-state index in [1.807, 2.05) is 0 Å². The minimum Gasteiger partial charge on any atom is -0.507 e. The third-order valence-electron chi connectivity index (χ3n) is 2.45. The fourth-order valence-electron chi connectivity index (χ4n) is 1.57. The van der Waals surface area contributed by atoms with Crippen molar-refractivity contribution in [3.63, 3.8) is 0 Å². The number of phenols is 1. The standard InChI is InChI=1S/C13H10F2O2/c1-17-8-5-6-12(16)10(7-8)9-3-2-4-11(14)13(9)15/h2-7,16H,1H3. The van der Waals surface area contributed by atoms with Crippen molar-refractivity contribution < 1.29 is 18.6 Å². The van der Waals surface area contributed by atoms with E-state index in [9.17, 15) is 13.9 Å². The molecule has 4 heteroatoms. The van der Waals surface area contributed by atoms with Gasteiger partial charge in [0.15, 0.2) is 11.6 Å². The van der Waals surface area contributed by atoms with E-state index in [0.29, 0.717) is 5.75 Å². The molecule has 0 saturated heterocycles. The van der Waals surface area contributed by atoms with E-state index in [-0.39, 0.29) is 16.9 Å². The zero-order valence-electron chi connectivity index (χ0n) is 9.08. The monoisotopic (exact) mass is 236 g/mol. The van der Waals surface area contributed by atoms with E-state index in [0.717, 1.165) is 6.07 Å². The first-order chi connectivity index (χ1) is 8.13. The molecule has 2 rings (SSSR count). The average Bonchev–Trinajstić information content (AvgIpc) is 2.34. The summed E-state index contributed by atoms with van der Waals surface area (Å²) in [6.07, 6.45) is 0. The van der Waals surface area contributed by atoms with Crippen molar-refractivity contribution >= 4 is 0 Å². The van der Waals surface area contributed by atoms with E-state index < -0.39 is 11.6 Å². The highest BCUT2D eigenvalue weighted by molar-refractivity contribution is 5.72. The lowest BCUT2D eigenvalue weighted by atomic mass is 10.0. The van der Waals surface area contributed by atoms with Crippen molar-refractivity contribution in [3.05, 3.63) is 48.0 Å². The Kier molecular flexibility index (Phi) is 2.95. The van der Waals surface area contributed by atoms with Crippen LogP contribution in [0.3, 0.4) is 0 Å². The molecule has 0 aliphatic rings. The van der Waals surface area contributed by atoms with Crippen LogP contribution in [0.5, 0.6) is 11.5 Å². The molecule has 0 unspecified atom stereocenters. The van der Waals surface area contributed by atoms with Crippen LogP contribution in [0.25, 0.3) is 11.1 Å². The van der Waals surface area contributed by atoms with Gasteiger partial charge in [-0.05, 0) is 24.3 Å². The van der Waals surface area contributed by atoms with Crippen LogP contribution in [0.1, 0.15) is 0 Å². The SMILES string of the molecule is COc1ccc(O)c(-c2cccc(F)c2F)c1. The second kappa shape index (κ2) is 4.41. The van der Waals surface area contributed by atoms with Gasteiger partial charge in [0.1, 0.15) is 11.5 Å². The number of hydrogen-bond acceptors (Lipinski definition) is 2. The smallest absolute Gasteiger partial charge is 0.166 e. The molecule has 88 valence electrons. The maximum Gasteiger partial charge on any atom is 0.166 e. The highest BCUT2D eigenvalue weighted by Crippen LogP contribution is 2.34. The van der Waals surface area contributed by atoms with E-state index in [1.165, 1.54) is 37.4 Å². The lowest BCUT2D eigenvalue weighted by Gasteiger charge is -2.08.